The molecule has 0 N–H and O–H groups in total. The maximum Gasteiger partial charge on any atom is 0.321 e. The van der Waals surface area contributed by atoms with Gasteiger partial charge in [0.15, 0.2) is 0 Å². The molecule has 3 aromatic rings. The number of thioether (sulfide) groups is 1. The van der Waals surface area contributed by atoms with Crippen LogP contribution in [0.15, 0.2) is 83.8 Å². The zero-order valence-corrected chi connectivity index (χ0v) is 21.7. The fourth-order valence-electron chi connectivity index (χ4n) is 4.12. The molecule has 0 aromatic heterocycles. The Bertz CT molecular complexity index is 1200. The quantitative estimate of drug-likeness (QED) is 0.100. The van der Waals surface area contributed by atoms with E-state index >= 15 is 0 Å². The van der Waals surface area contributed by atoms with Crippen LogP contribution in [0.4, 0.5) is 0 Å². The van der Waals surface area contributed by atoms with Gasteiger partial charge < -0.3 is 14.2 Å². The fraction of sp³-hybridized carbons (Fsp3) is 0.286. The van der Waals surface area contributed by atoms with Gasteiger partial charge in [0.1, 0.15) is 23.5 Å². The van der Waals surface area contributed by atoms with Crippen LogP contribution in [0.25, 0.3) is 0 Å². The van der Waals surface area contributed by atoms with Gasteiger partial charge in [0.2, 0.25) is 11.7 Å². The lowest BCUT2D eigenvalue weighted by Crippen LogP contribution is -2.46. The predicted molar refractivity (Wildman–Crippen MR) is 140 cm³/mol. The van der Waals surface area contributed by atoms with E-state index in [1.54, 1.807) is 92.9 Å². The second kappa shape index (κ2) is 12.9. The number of carbonyl (C=O) groups excluding carboxylic acids is 2. The molecule has 0 spiro atoms. The number of carbonyl (C=O) groups is 2. The van der Waals surface area contributed by atoms with Crippen molar-refractivity contribution in [3.63, 3.8) is 0 Å². The number of benzene rings is 3. The molecule has 9 heteroatoms. The first kappa shape index (κ1) is 27.7. The Morgan fingerprint density at radius 1 is 0.919 bits per heavy atom. The van der Waals surface area contributed by atoms with E-state index in [1.807, 2.05) is 0 Å². The lowest BCUT2D eigenvalue weighted by Gasteiger charge is -2.34. The summed E-state index contributed by atoms with van der Waals surface area (Å²) in [7, 11) is 3.09. The van der Waals surface area contributed by atoms with Crippen LogP contribution in [0.1, 0.15) is 30.4 Å². The zero-order chi connectivity index (χ0) is 26.8. The van der Waals surface area contributed by atoms with Crippen LogP contribution < -0.4 is 9.47 Å². The van der Waals surface area contributed by atoms with Crippen molar-refractivity contribution in [2.75, 3.05) is 20.8 Å². The van der Waals surface area contributed by atoms with Crippen LogP contribution in [0.3, 0.4) is 0 Å². The first-order valence-corrected chi connectivity index (χ1v) is 12.5. The smallest absolute Gasteiger partial charge is 0.321 e. The number of methoxy groups -OCH3 is 2. The van der Waals surface area contributed by atoms with Gasteiger partial charge in [-0.3, -0.25) is 19.7 Å². The average molecular weight is 524 g/mol. The Kier molecular flexibility index (Phi) is 9.68. The second-order valence-corrected chi connectivity index (χ2v) is 9.34. The third-order valence-corrected chi connectivity index (χ3v) is 7.27. The van der Waals surface area contributed by atoms with E-state index in [4.69, 9.17) is 14.2 Å². The average Bonchev–Trinajstić information content (AvgIpc) is 2.93. The van der Waals surface area contributed by atoms with Gasteiger partial charge in [0.05, 0.1) is 20.1 Å². The van der Waals surface area contributed by atoms with E-state index in [1.165, 1.54) is 7.11 Å². The normalized spacial score (nSPS) is 13.2. The van der Waals surface area contributed by atoms with Crippen LogP contribution >= 0.6 is 11.8 Å². The molecule has 0 aliphatic rings. The molecule has 3 aromatic carbocycles. The third-order valence-electron chi connectivity index (χ3n) is 6.21. The summed E-state index contributed by atoms with van der Waals surface area (Å²) in [6, 6.07) is 22.4. The highest BCUT2D eigenvalue weighted by atomic mass is 32.2. The lowest BCUT2D eigenvalue weighted by atomic mass is 9.70. The van der Waals surface area contributed by atoms with Gasteiger partial charge in [-0.2, -0.15) is 0 Å². The molecular weight excluding hydrogens is 494 g/mol. The highest BCUT2D eigenvalue weighted by Crippen LogP contribution is 2.46. The Labute approximate surface area is 220 Å². The van der Waals surface area contributed by atoms with Gasteiger partial charge in [0.25, 0.3) is 0 Å². The summed E-state index contributed by atoms with van der Waals surface area (Å²) in [5.41, 5.74) is -0.586. The number of rotatable bonds is 12. The molecule has 3 rings (SSSR count). The molecule has 2 atom stereocenters. The largest absolute Gasteiger partial charge is 0.497 e. The maximum atomic E-state index is 13.9. The minimum atomic E-state index is -1.80. The van der Waals surface area contributed by atoms with Gasteiger partial charge in [-0.05, 0) is 53.9 Å². The molecule has 2 unspecified atom stereocenters. The van der Waals surface area contributed by atoms with E-state index in [2.05, 4.69) is 0 Å². The molecular formula is C28H29NO7S. The van der Waals surface area contributed by atoms with E-state index in [9.17, 15) is 19.7 Å². The van der Waals surface area contributed by atoms with Crippen molar-refractivity contribution in [1.82, 2.24) is 0 Å². The first-order chi connectivity index (χ1) is 17.8. The Morgan fingerprint density at radius 2 is 1.49 bits per heavy atom. The number of nitro groups is 1. The minimum absolute atomic E-state index is 0.0177. The molecule has 0 aliphatic heterocycles. The predicted octanol–water partition coefficient (Wildman–Crippen LogP) is 5.52. The molecule has 0 fully saturated rings. The zero-order valence-electron chi connectivity index (χ0n) is 20.9. The van der Waals surface area contributed by atoms with Crippen LogP contribution in [0, 0.1) is 15.5 Å². The maximum absolute atomic E-state index is 13.9. The van der Waals surface area contributed by atoms with Gasteiger partial charge in [-0.25, -0.2) is 0 Å². The fourth-order valence-corrected chi connectivity index (χ4v) is 5.16. The van der Waals surface area contributed by atoms with Crippen molar-refractivity contribution in [2.45, 2.75) is 30.8 Å². The molecule has 0 saturated heterocycles. The SMILES string of the molecule is CCC(C(=O)OCc1ccc(OC)cc1)(C(=O)Sc1ccc(OC)cc1)C(C[N+](=O)[O-])c1ccccc1. The number of hydrogen-bond donors (Lipinski definition) is 0. The van der Waals surface area contributed by atoms with Crippen molar-refractivity contribution in [3.8, 4) is 11.5 Å². The summed E-state index contributed by atoms with van der Waals surface area (Å²) in [5, 5.41) is 11.3. The summed E-state index contributed by atoms with van der Waals surface area (Å²) in [6.07, 6.45) is 0.0177. The topological polar surface area (TPSA) is 105 Å². The number of hydrogen-bond acceptors (Lipinski definition) is 8. The highest BCUT2D eigenvalue weighted by molar-refractivity contribution is 8.13. The molecule has 8 nitrogen and oxygen atoms in total. The van der Waals surface area contributed by atoms with Gasteiger partial charge in [-0.1, -0.05) is 61.2 Å². The summed E-state index contributed by atoms with van der Waals surface area (Å²) < 4.78 is 16.0. The second-order valence-electron chi connectivity index (χ2n) is 8.29. The number of esters is 1. The first-order valence-electron chi connectivity index (χ1n) is 11.7. The monoisotopic (exact) mass is 523 g/mol. The molecule has 194 valence electrons. The van der Waals surface area contributed by atoms with Crippen molar-refractivity contribution in [1.29, 1.82) is 0 Å². The molecule has 0 radical (unpaired) electrons. The van der Waals surface area contributed by atoms with Crippen LogP contribution in [-0.4, -0.2) is 36.8 Å². The van der Waals surface area contributed by atoms with E-state index in [-0.39, 0.29) is 13.0 Å². The number of ether oxygens (including phenoxy) is 3. The van der Waals surface area contributed by atoms with Crippen molar-refractivity contribution < 1.29 is 28.7 Å². The molecule has 0 aliphatic carbocycles. The Balaban J connectivity index is 2.01. The van der Waals surface area contributed by atoms with Gasteiger partial charge in [-0.15, -0.1) is 0 Å². The Hall–Kier alpha value is -3.85. The van der Waals surface area contributed by atoms with E-state index in [0.717, 1.165) is 11.8 Å². The standard InChI is InChI=1S/C28H29NO7S/c1-4-28(25(18-29(32)33)21-8-6-5-7-9-21,27(31)37-24-16-14-23(35-3)15-17-24)26(30)36-19-20-10-12-22(34-2)13-11-20/h5-17,25H,4,18-19H2,1-3H3. The van der Waals surface area contributed by atoms with Crippen molar-refractivity contribution in [3.05, 3.63) is 100 Å². The summed E-state index contributed by atoms with van der Waals surface area (Å²) in [6.45, 7) is 0.979. The van der Waals surface area contributed by atoms with E-state index < -0.39 is 33.9 Å². The molecule has 0 bridgehead atoms. The van der Waals surface area contributed by atoms with Gasteiger partial charge in [0, 0.05) is 9.82 Å². The van der Waals surface area contributed by atoms with Gasteiger partial charge >= 0.3 is 5.97 Å². The Morgan fingerprint density at radius 3 is 2.00 bits per heavy atom. The third kappa shape index (κ3) is 6.68. The van der Waals surface area contributed by atoms with Crippen molar-refractivity contribution in [2.24, 2.45) is 5.41 Å². The summed E-state index contributed by atoms with van der Waals surface area (Å²) in [4.78, 5) is 39.6. The number of nitrogens with zero attached hydrogens (tertiary/aromatic N) is 1. The molecule has 37 heavy (non-hydrogen) atoms. The van der Waals surface area contributed by atoms with Crippen molar-refractivity contribution >= 4 is 22.8 Å². The highest BCUT2D eigenvalue weighted by Gasteiger charge is 2.54. The summed E-state index contributed by atoms with van der Waals surface area (Å²) in [5.74, 6) is -0.560. The molecule has 0 saturated carbocycles. The van der Waals surface area contributed by atoms with Crippen LogP contribution in [0.5, 0.6) is 11.5 Å². The van der Waals surface area contributed by atoms with Crippen LogP contribution in [0.2, 0.25) is 0 Å². The molecule has 0 heterocycles. The van der Waals surface area contributed by atoms with E-state index in [0.29, 0.717) is 27.5 Å². The minimum Gasteiger partial charge on any atom is -0.497 e. The molecule has 0 amide bonds. The lowest BCUT2D eigenvalue weighted by molar-refractivity contribution is -0.485. The van der Waals surface area contributed by atoms with Crippen LogP contribution in [-0.2, 0) is 20.9 Å². The summed E-state index contributed by atoms with van der Waals surface area (Å²) >= 11 is 0.865.